The summed E-state index contributed by atoms with van der Waals surface area (Å²) in [5.74, 6) is 0.0743. The molecule has 0 aromatic carbocycles. The van der Waals surface area contributed by atoms with Gasteiger partial charge in [-0.25, -0.2) is 0 Å². The van der Waals surface area contributed by atoms with Crippen LogP contribution in [0.2, 0.25) is 25.2 Å². The van der Waals surface area contributed by atoms with Gasteiger partial charge in [0.15, 0.2) is 0 Å². The molecule has 1 aliphatic rings. The van der Waals surface area contributed by atoms with E-state index in [1.54, 1.807) is 0 Å². The molecule has 122 valence electrons. The van der Waals surface area contributed by atoms with Crippen LogP contribution in [0.15, 0.2) is 12.2 Å². The third-order valence-corrected chi connectivity index (χ3v) is 6.98. The van der Waals surface area contributed by atoms with Crippen LogP contribution < -0.4 is 0 Å². The van der Waals surface area contributed by atoms with Gasteiger partial charge in [0.05, 0.1) is 20.2 Å². The Morgan fingerprint density at radius 2 is 1.48 bits per heavy atom. The van der Waals surface area contributed by atoms with E-state index in [9.17, 15) is 4.79 Å². The van der Waals surface area contributed by atoms with Gasteiger partial charge in [-0.2, -0.15) is 0 Å². The number of allylic oxidation sites excluding steroid dienone is 2. The van der Waals surface area contributed by atoms with Gasteiger partial charge in [-0.3, -0.25) is 4.79 Å². The molecule has 0 radical (unpaired) electrons. The fourth-order valence-corrected chi connectivity index (χ4v) is 4.79. The van der Waals surface area contributed by atoms with Crippen molar-refractivity contribution in [3.8, 4) is 0 Å². The Morgan fingerprint density at radius 3 is 2.14 bits per heavy atom. The molecule has 1 unspecified atom stereocenters. The maximum Gasteiger partial charge on any atom is 0.306 e. The van der Waals surface area contributed by atoms with Gasteiger partial charge in [0.1, 0.15) is 0 Å². The Labute approximate surface area is 132 Å². The molecule has 0 fully saturated rings. The molecular weight excluding hydrogens is 276 g/mol. The topological polar surface area (TPSA) is 26.3 Å². The van der Waals surface area contributed by atoms with Crippen molar-refractivity contribution in [2.45, 2.75) is 89.4 Å². The zero-order chi connectivity index (χ0) is 15.6. The summed E-state index contributed by atoms with van der Waals surface area (Å²) in [6, 6.07) is 0. The second kappa shape index (κ2) is 10.2. The Morgan fingerprint density at radius 1 is 0.905 bits per heavy atom. The summed E-state index contributed by atoms with van der Waals surface area (Å²) in [6.45, 7) is 7.46. The lowest BCUT2D eigenvalue weighted by atomic mass is 10.1. The summed E-state index contributed by atoms with van der Waals surface area (Å²) in [4.78, 5) is 12.3. The van der Waals surface area contributed by atoms with E-state index in [4.69, 9.17) is 4.74 Å². The number of carbonyl (C=O) groups excluding carboxylic acids is 1. The highest BCUT2D eigenvalue weighted by atomic mass is 28.3. The Hall–Kier alpha value is -0.573. The predicted molar refractivity (Wildman–Crippen MR) is 93.4 cm³/mol. The Bertz CT molecular complexity index is 318. The molecule has 1 aliphatic heterocycles. The molecule has 3 heteroatoms. The number of ether oxygens (including phenoxy) is 1. The highest BCUT2D eigenvalue weighted by Crippen LogP contribution is 2.29. The number of rotatable bonds is 1. The summed E-state index contributed by atoms with van der Waals surface area (Å²) in [5.41, 5.74) is 0.181. The monoisotopic (exact) mass is 310 g/mol. The van der Waals surface area contributed by atoms with Gasteiger partial charge in [0.25, 0.3) is 0 Å². The Balaban J connectivity index is 2.52. The minimum Gasteiger partial charge on any atom is -0.466 e. The van der Waals surface area contributed by atoms with Gasteiger partial charge < -0.3 is 4.74 Å². The molecular formula is C18H34O2Si. The zero-order valence-corrected chi connectivity index (χ0v) is 15.3. The molecule has 1 atom stereocenters. The average Bonchev–Trinajstić information content (AvgIpc) is 2.40. The van der Waals surface area contributed by atoms with Crippen molar-refractivity contribution in [3.05, 3.63) is 12.2 Å². The van der Waals surface area contributed by atoms with Crippen LogP contribution in [0.4, 0.5) is 0 Å². The first-order valence-corrected chi connectivity index (χ1v) is 12.4. The molecule has 0 aromatic rings. The minimum atomic E-state index is -1.47. The largest absolute Gasteiger partial charge is 0.466 e. The summed E-state index contributed by atoms with van der Waals surface area (Å²) >= 11 is 0. The van der Waals surface area contributed by atoms with Crippen LogP contribution in [0.3, 0.4) is 0 Å². The minimum absolute atomic E-state index is 0.0743. The molecule has 0 saturated heterocycles. The van der Waals surface area contributed by atoms with Gasteiger partial charge in [-0.1, -0.05) is 63.9 Å². The van der Waals surface area contributed by atoms with Crippen molar-refractivity contribution in [1.82, 2.24) is 0 Å². The van der Waals surface area contributed by atoms with E-state index in [1.165, 1.54) is 44.9 Å². The number of hydrogen-bond donors (Lipinski definition) is 0. The fraction of sp³-hybridized carbons (Fsp3) is 0.833. The molecule has 2 nitrogen and oxygen atoms in total. The van der Waals surface area contributed by atoms with Crippen LogP contribution in [0.1, 0.15) is 64.2 Å². The van der Waals surface area contributed by atoms with Crippen molar-refractivity contribution >= 4 is 14.0 Å². The molecule has 1 rings (SSSR count). The number of carbonyl (C=O) groups is 1. The number of cyclic esters (lactones) is 1. The van der Waals surface area contributed by atoms with Gasteiger partial charge in [-0.05, 0) is 32.1 Å². The van der Waals surface area contributed by atoms with Crippen LogP contribution >= 0.6 is 0 Å². The molecule has 0 aromatic heterocycles. The molecule has 0 amide bonds. The summed E-state index contributed by atoms with van der Waals surface area (Å²) in [5, 5.41) is 0. The molecule has 0 aliphatic carbocycles. The van der Waals surface area contributed by atoms with Crippen molar-refractivity contribution < 1.29 is 9.53 Å². The van der Waals surface area contributed by atoms with Crippen molar-refractivity contribution in [1.29, 1.82) is 0 Å². The van der Waals surface area contributed by atoms with E-state index in [0.29, 0.717) is 6.61 Å². The lowest BCUT2D eigenvalue weighted by Crippen LogP contribution is -2.35. The van der Waals surface area contributed by atoms with Crippen LogP contribution in [0.25, 0.3) is 0 Å². The van der Waals surface area contributed by atoms with E-state index < -0.39 is 8.07 Å². The van der Waals surface area contributed by atoms with Crippen molar-refractivity contribution in [3.63, 3.8) is 0 Å². The first kappa shape index (κ1) is 18.5. The first-order chi connectivity index (χ1) is 10.0. The summed E-state index contributed by atoms with van der Waals surface area (Å²) in [6.07, 6.45) is 16.6. The second-order valence-corrected chi connectivity index (χ2v) is 12.8. The number of hydrogen-bond acceptors (Lipinski definition) is 2. The third-order valence-electron chi connectivity index (χ3n) is 4.37. The third kappa shape index (κ3) is 8.45. The van der Waals surface area contributed by atoms with E-state index in [1.807, 2.05) is 0 Å². The molecule has 21 heavy (non-hydrogen) atoms. The van der Waals surface area contributed by atoms with E-state index in [-0.39, 0.29) is 11.5 Å². The molecule has 1 heterocycles. The molecule has 0 spiro atoms. The first-order valence-electron chi connectivity index (χ1n) is 8.83. The number of esters is 1. The lowest BCUT2D eigenvalue weighted by molar-refractivity contribution is -0.144. The Kier molecular flexibility index (Phi) is 8.98. The van der Waals surface area contributed by atoms with E-state index >= 15 is 0 Å². The normalized spacial score (nSPS) is 26.0. The smallest absolute Gasteiger partial charge is 0.306 e. The summed E-state index contributed by atoms with van der Waals surface area (Å²) in [7, 11) is -1.47. The van der Waals surface area contributed by atoms with Crippen LogP contribution in [-0.4, -0.2) is 20.7 Å². The standard InChI is InChI=1S/C18H34O2Si/c1-21(2,3)17-15-13-11-9-7-5-4-6-8-10-12-14-16-20-18(17)19/h8,10,17H,4-7,9,11-16H2,1-3H3/b10-8+. The SMILES string of the molecule is C[Si](C)(C)C1CCCCCCCC/C=C/CCCOC1=O. The zero-order valence-electron chi connectivity index (χ0n) is 14.3. The van der Waals surface area contributed by atoms with Gasteiger partial charge >= 0.3 is 5.97 Å². The highest BCUT2D eigenvalue weighted by molar-refractivity contribution is 6.80. The average molecular weight is 311 g/mol. The van der Waals surface area contributed by atoms with E-state index in [0.717, 1.165) is 19.3 Å². The molecule has 0 N–H and O–H groups in total. The van der Waals surface area contributed by atoms with Crippen molar-refractivity contribution in [2.24, 2.45) is 0 Å². The quantitative estimate of drug-likeness (QED) is 0.352. The maximum atomic E-state index is 12.3. The van der Waals surface area contributed by atoms with Crippen molar-refractivity contribution in [2.75, 3.05) is 6.61 Å². The van der Waals surface area contributed by atoms with Gasteiger partial charge in [0, 0.05) is 0 Å². The highest BCUT2D eigenvalue weighted by Gasteiger charge is 2.33. The lowest BCUT2D eigenvalue weighted by Gasteiger charge is -2.27. The van der Waals surface area contributed by atoms with Gasteiger partial charge in [0.2, 0.25) is 0 Å². The molecule has 0 bridgehead atoms. The maximum absolute atomic E-state index is 12.3. The predicted octanol–water partition coefficient (Wildman–Crippen LogP) is 5.71. The fourth-order valence-electron chi connectivity index (χ4n) is 2.93. The van der Waals surface area contributed by atoms with Crippen LogP contribution in [0, 0.1) is 0 Å². The van der Waals surface area contributed by atoms with Gasteiger partial charge in [-0.15, -0.1) is 0 Å². The summed E-state index contributed by atoms with van der Waals surface area (Å²) < 4.78 is 5.54. The van der Waals surface area contributed by atoms with E-state index in [2.05, 4.69) is 31.8 Å². The van der Waals surface area contributed by atoms with Crippen LogP contribution in [-0.2, 0) is 9.53 Å². The molecule has 0 saturated carbocycles. The van der Waals surface area contributed by atoms with Crippen LogP contribution in [0.5, 0.6) is 0 Å². The second-order valence-electron chi connectivity index (χ2n) is 7.40.